The summed E-state index contributed by atoms with van der Waals surface area (Å²) in [5.41, 5.74) is 3.45. The van der Waals surface area contributed by atoms with Gasteiger partial charge >= 0.3 is 0 Å². The Balaban J connectivity index is 1.19. The fourth-order valence-corrected chi connectivity index (χ4v) is 4.31. The fraction of sp³-hybridized carbons (Fsp3) is 0.250. The maximum Gasteiger partial charge on any atom is 0.277 e. The van der Waals surface area contributed by atoms with Gasteiger partial charge in [0.2, 0.25) is 11.8 Å². The molecule has 0 bridgehead atoms. The van der Waals surface area contributed by atoms with Crippen LogP contribution in [0.1, 0.15) is 18.7 Å². The third-order valence-electron chi connectivity index (χ3n) is 5.42. The first-order chi connectivity index (χ1) is 16.2. The minimum Gasteiger partial charge on any atom is -0.497 e. The molecule has 2 aromatic carbocycles. The Labute approximate surface area is 195 Å². The van der Waals surface area contributed by atoms with Gasteiger partial charge in [-0.2, -0.15) is 0 Å². The van der Waals surface area contributed by atoms with Crippen molar-refractivity contribution in [2.24, 2.45) is 0 Å². The van der Waals surface area contributed by atoms with Crippen LogP contribution < -0.4 is 10.1 Å². The van der Waals surface area contributed by atoms with Crippen molar-refractivity contribution in [3.05, 3.63) is 60.6 Å². The van der Waals surface area contributed by atoms with Crippen molar-refractivity contribution in [3.63, 3.8) is 0 Å². The van der Waals surface area contributed by atoms with Crippen LogP contribution in [0, 0.1) is 0 Å². The van der Waals surface area contributed by atoms with Crippen LogP contribution in [0.25, 0.3) is 22.7 Å². The van der Waals surface area contributed by atoms with Crippen molar-refractivity contribution in [2.75, 3.05) is 18.2 Å². The number of hydrogen-bond donors (Lipinski definition) is 1. The number of aryl methyl sites for hydroxylation is 2. The van der Waals surface area contributed by atoms with E-state index in [1.807, 2.05) is 48.5 Å². The molecular weight excluding hydrogens is 438 g/mol. The van der Waals surface area contributed by atoms with Gasteiger partial charge in [0.05, 0.1) is 18.6 Å². The maximum atomic E-state index is 12.5. The number of anilines is 1. The molecule has 4 aromatic rings. The molecule has 0 radical (unpaired) electrons. The van der Waals surface area contributed by atoms with Crippen molar-refractivity contribution in [3.8, 4) is 28.5 Å². The van der Waals surface area contributed by atoms with E-state index in [2.05, 4.69) is 26.3 Å². The lowest BCUT2D eigenvalue weighted by molar-refractivity contribution is -0.113. The SMILES string of the molecule is COc1ccc(-c2nnc(SCC(=O)Nc3cccc(-c4cn5c(n4)CCCC5)c3)o2)cc1. The number of amides is 1. The zero-order valence-corrected chi connectivity index (χ0v) is 19.0. The summed E-state index contributed by atoms with van der Waals surface area (Å²) in [7, 11) is 1.61. The number of fused-ring (bicyclic) bond motifs is 1. The molecule has 5 rings (SSSR count). The monoisotopic (exact) mass is 461 g/mol. The predicted molar refractivity (Wildman–Crippen MR) is 126 cm³/mol. The molecule has 168 valence electrons. The molecule has 2 aromatic heterocycles. The predicted octanol–water partition coefficient (Wildman–Crippen LogP) is 4.68. The van der Waals surface area contributed by atoms with Gasteiger partial charge in [-0.15, -0.1) is 10.2 Å². The average Bonchev–Trinajstić information content (AvgIpc) is 3.50. The Morgan fingerprint density at radius 1 is 1.15 bits per heavy atom. The van der Waals surface area contributed by atoms with Crippen LogP contribution in [0.2, 0.25) is 0 Å². The number of thioether (sulfide) groups is 1. The largest absolute Gasteiger partial charge is 0.497 e. The molecule has 1 aliphatic heterocycles. The molecule has 8 nitrogen and oxygen atoms in total. The van der Waals surface area contributed by atoms with Crippen LogP contribution in [0.3, 0.4) is 0 Å². The molecule has 0 fully saturated rings. The van der Waals surface area contributed by atoms with Crippen molar-refractivity contribution in [1.29, 1.82) is 0 Å². The highest BCUT2D eigenvalue weighted by molar-refractivity contribution is 7.99. The van der Waals surface area contributed by atoms with Crippen molar-refractivity contribution >= 4 is 23.4 Å². The molecule has 0 saturated carbocycles. The summed E-state index contributed by atoms with van der Waals surface area (Å²) in [5.74, 6) is 2.30. The van der Waals surface area contributed by atoms with Gasteiger partial charge in [0.1, 0.15) is 11.6 Å². The third kappa shape index (κ3) is 4.93. The number of ether oxygens (including phenoxy) is 1. The normalized spacial score (nSPS) is 12.9. The molecule has 9 heteroatoms. The number of benzene rings is 2. The molecule has 0 spiro atoms. The number of methoxy groups -OCH3 is 1. The second-order valence-corrected chi connectivity index (χ2v) is 8.64. The Morgan fingerprint density at radius 2 is 2.03 bits per heavy atom. The Bertz CT molecular complexity index is 1240. The second kappa shape index (κ2) is 9.50. The summed E-state index contributed by atoms with van der Waals surface area (Å²) in [6, 6.07) is 15.1. The number of nitrogens with zero attached hydrogens (tertiary/aromatic N) is 4. The Kier molecular flexibility index (Phi) is 6.12. The number of nitrogens with one attached hydrogen (secondary N) is 1. The van der Waals surface area contributed by atoms with Gasteiger partial charge in [-0.05, 0) is 49.2 Å². The van der Waals surface area contributed by atoms with E-state index in [1.54, 1.807) is 7.11 Å². The molecule has 0 atom stereocenters. The first-order valence-electron chi connectivity index (χ1n) is 10.7. The average molecular weight is 462 g/mol. The van der Waals surface area contributed by atoms with Crippen LogP contribution in [0.5, 0.6) is 5.75 Å². The van der Waals surface area contributed by atoms with Crippen molar-refractivity contribution < 1.29 is 13.9 Å². The summed E-state index contributed by atoms with van der Waals surface area (Å²) in [6.45, 7) is 1.02. The summed E-state index contributed by atoms with van der Waals surface area (Å²) in [5, 5.41) is 11.4. The lowest BCUT2D eigenvalue weighted by atomic mass is 10.1. The van der Waals surface area contributed by atoms with E-state index in [0.717, 1.165) is 47.0 Å². The zero-order chi connectivity index (χ0) is 22.6. The first kappa shape index (κ1) is 21.3. The summed E-state index contributed by atoms with van der Waals surface area (Å²) in [4.78, 5) is 17.3. The van der Waals surface area contributed by atoms with E-state index in [-0.39, 0.29) is 11.7 Å². The van der Waals surface area contributed by atoms with Gasteiger partial charge in [0, 0.05) is 36.0 Å². The topological polar surface area (TPSA) is 95.1 Å². The quantitative estimate of drug-likeness (QED) is 0.399. The fourth-order valence-electron chi connectivity index (χ4n) is 3.75. The zero-order valence-electron chi connectivity index (χ0n) is 18.2. The highest BCUT2D eigenvalue weighted by atomic mass is 32.2. The van der Waals surface area contributed by atoms with Gasteiger partial charge < -0.3 is 19.0 Å². The molecule has 1 amide bonds. The van der Waals surface area contributed by atoms with E-state index in [0.29, 0.717) is 11.1 Å². The molecule has 0 saturated heterocycles. The van der Waals surface area contributed by atoms with Gasteiger partial charge in [-0.3, -0.25) is 4.79 Å². The number of carbonyl (C=O) groups excluding carboxylic acids is 1. The highest BCUT2D eigenvalue weighted by Gasteiger charge is 2.15. The lowest BCUT2D eigenvalue weighted by Crippen LogP contribution is -2.14. The van der Waals surface area contributed by atoms with Gasteiger partial charge in [-0.1, -0.05) is 23.9 Å². The summed E-state index contributed by atoms with van der Waals surface area (Å²) in [6.07, 6.45) is 5.49. The van der Waals surface area contributed by atoms with Crippen LogP contribution in [0.4, 0.5) is 5.69 Å². The van der Waals surface area contributed by atoms with E-state index in [4.69, 9.17) is 14.1 Å². The molecule has 0 aliphatic carbocycles. The minimum absolute atomic E-state index is 0.148. The number of rotatable bonds is 7. The molecular formula is C24H23N5O3S. The van der Waals surface area contributed by atoms with Crippen LogP contribution >= 0.6 is 11.8 Å². The maximum absolute atomic E-state index is 12.5. The Morgan fingerprint density at radius 3 is 2.85 bits per heavy atom. The molecule has 1 N–H and O–H groups in total. The number of carbonyl (C=O) groups is 1. The molecule has 3 heterocycles. The number of imidazole rings is 1. The van der Waals surface area contributed by atoms with Crippen LogP contribution in [-0.2, 0) is 17.8 Å². The number of hydrogen-bond acceptors (Lipinski definition) is 7. The van der Waals surface area contributed by atoms with Crippen molar-refractivity contribution in [1.82, 2.24) is 19.7 Å². The van der Waals surface area contributed by atoms with Crippen LogP contribution in [-0.4, -0.2) is 38.5 Å². The van der Waals surface area contributed by atoms with E-state index in [9.17, 15) is 4.79 Å². The highest BCUT2D eigenvalue weighted by Crippen LogP contribution is 2.27. The minimum atomic E-state index is -0.148. The smallest absolute Gasteiger partial charge is 0.277 e. The van der Waals surface area contributed by atoms with Gasteiger partial charge in [0.25, 0.3) is 5.22 Å². The van der Waals surface area contributed by atoms with E-state index >= 15 is 0 Å². The lowest BCUT2D eigenvalue weighted by Gasteiger charge is -2.11. The second-order valence-electron chi connectivity index (χ2n) is 7.71. The van der Waals surface area contributed by atoms with Crippen molar-refractivity contribution in [2.45, 2.75) is 31.0 Å². The Hall–Kier alpha value is -3.59. The number of aromatic nitrogens is 4. The molecule has 1 aliphatic rings. The van der Waals surface area contributed by atoms with Crippen LogP contribution in [0.15, 0.2) is 64.4 Å². The third-order valence-corrected chi connectivity index (χ3v) is 6.24. The van der Waals surface area contributed by atoms with E-state index in [1.165, 1.54) is 24.6 Å². The first-order valence-corrected chi connectivity index (χ1v) is 11.7. The molecule has 0 unspecified atom stereocenters. The van der Waals surface area contributed by atoms with E-state index < -0.39 is 0 Å². The van der Waals surface area contributed by atoms with Gasteiger partial charge in [-0.25, -0.2) is 4.98 Å². The standard InChI is InChI=1S/C24H23N5O3S/c1-31-19-10-8-16(9-11-19)23-27-28-24(32-23)33-15-22(30)25-18-6-4-5-17(13-18)20-14-29-12-3-2-7-21(29)26-20/h4-6,8-11,13-14H,2-3,7,12,15H2,1H3,(H,25,30). The molecule has 33 heavy (non-hydrogen) atoms. The summed E-state index contributed by atoms with van der Waals surface area (Å²) < 4.78 is 13.1. The van der Waals surface area contributed by atoms with Gasteiger partial charge in [0.15, 0.2) is 0 Å². The summed E-state index contributed by atoms with van der Waals surface area (Å²) >= 11 is 1.20.